The fourth-order valence-corrected chi connectivity index (χ4v) is 9.34. The fraction of sp³-hybridized carbons (Fsp3) is 0.405. The number of fused-ring (bicyclic) bond motifs is 3. The molecule has 1 aliphatic rings. The van der Waals surface area contributed by atoms with Gasteiger partial charge in [-0.25, -0.2) is 9.13 Å². The summed E-state index contributed by atoms with van der Waals surface area (Å²) >= 11 is 0. The molecule has 214 valence electrons. The number of nitrogens with zero attached hydrogens (tertiary/aromatic N) is 2. The molecular weight excluding hydrogens is 519 g/mol. The maximum Gasteiger partial charge on any atom is 0.180 e. The Morgan fingerprint density at radius 1 is 0.610 bits per heavy atom. The summed E-state index contributed by atoms with van der Waals surface area (Å²) in [6, 6.07) is 21.3. The van der Waals surface area contributed by atoms with E-state index in [1.54, 1.807) is 0 Å². The normalized spacial score (nSPS) is 15.6. The maximum absolute atomic E-state index is 15.4. The summed E-state index contributed by atoms with van der Waals surface area (Å²) in [7, 11) is -3.01. The molecule has 0 amide bonds. The Morgan fingerprint density at radius 3 is 1.88 bits per heavy atom. The Kier molecular flexibility index (Phi) is 9.88. The van der Waals surface area contributed by atoms with E-state index in [2.05, 4.69) is 85.0 Å². The third-order valence-corrected chi connectivity index (χ3v) is 11.8. The van der Waals surface area contributed by atoms with Gasteiger partial charge in [0.2, 0.25) is 0 Å². The second-order valence-electron chi connectivity index (χ2n) is 11.8. The molecule has 0 radical (unpaired) electrons. The van der Waals surface area contributed by atoms with Crippen LogP contribution in [0.3, 0.4) is 0 Å². The molecule has 4 heteroatoms. The topological polar surface area (TPSA) is 24.8 Å². The third-order valence-electron chi connectivity index (χ3n) is 8.67. The minimum atomic E-state index is -3.01. The van der Waals surface area contributed by atoms with Gasteiger partial charge in [0.1, 0.15) is 13.1 Å². The first-order valence-electron chi connectivity index (χ1n) is 15.9. The molecule has 3 nitrogen and oxygen atoms in total. The zero-order valence-electron chi connectivity index (χ0n) is 25.3. The molecule has 41 heavy (non-hydrogen) atoms. The predicted octanol–water partition coefficient (Wildman–Crippen LogP) is 7.80. The van der Waals surface area contributed by atoms with E-state index < -0.39 is 7.14 Å². The molecule has 1 aliphatic heterocycles. The number of hydrogen-bond donors (Lipinski definition) is 0. The molecule has 1 unspecified atom stereocenters. The van der Waals surface area contributed by atoms with Crippen LogP contribution in [0.5, 0.6) is 0 Å². The van der Waals surface area contributed by atoms with Gasteiger partial charge in [-0.1, -0.05) is 88.8 Å². The summed E-state index contributed by atoms with van der Waals surface area (Å²) in [5, 5.41) is 2.89. The predicted molar refractivity (Wildman–Crippen MR) is 173 cm³/mol. The van der Waals surface area contributed by atoms with Crippen molar-refractivity contribution in [2.24, 2.45) is 0 Å². The lowest BCUT2D eigenvalue weighted by atomic mass is 9.96. The van der Waals surface area contributed by atoms with Gasteiger partial charge in [0, 0.05) is 47.2 Å². The van der Waals surface area contributed by atoms with E-state index in [0.29, 0.717) is 0 Å². The van der Waals surface area contributed by atoms with Gasteiger partial charge in [0.15, 0.2) is 31.9 Å². The average molecular weight is 567 g/mol. The molecule has 0 spiro atoms. The smallest absolute Gasteiger partial charge is 0.180 e. The minimum Gasteiger partial charge on any atom is -0.308 e. The zero-order valence-corrected chi connectivity index (χ0v) is 26.2. The minimum absolute atomic E-state index is 0.921. The van der Waals surface area contributed by atoms with Crippen molar-refractivity contribution in [1.82, 2.24) is 0 Å². The fourth-order valence-electron chi connectivity index (χ4n) is 6.25. The standard InChI is InChI=1S/C37H47N2OP/c1-4-6-8-10-15-22-38-24-19-31(20-25-38)34-28-36-35(27-30(34)3)33-21-26-39(23-16-11-9-7-5-2)29-37(33)41(36,40)32-17-13-12-14-18-32/h12-14,17-21,24-29H,4-11,15-16,22-23H2,1-3H3/q+2. The lowest BCUT2D eigenvalue weighted by Crippen LogP contribution is -2.37. The number of aryl methyl sites for hydroxylation is 3. The van der Waals surface area contributed by atoms with Crippen molar-refractivity contribution in [3.05, 3.63) is 91.0 Å². The van der Waals surface area contributed by atoms with Crippen LogP contribution < -0.4 is 25.0 Å². The summed E-state index contributed by atoms with van der Waals surface area (Å²) in [5.74, 6) is 0. The first-order valence-corrected chi connectivity index (χ1v) is 17.6. The van der Waals surface area contributed by atoms with Gasteiger partial charge in [0.25, 0.3) is 0 Å². The second-order valence-corrected chi connectivity index (χ2v) is 14.5. The molecule has 0 saturated heterocycles. The summed E-state index contributed by atoms with van der Waals surface area (Å²) in [5.41, 5.74) is 5.83. The van der Waals surface area contributed by atoms with Crippen molar-refractivity contribution in [1.29, 1.82) is 0 Å². The largest absolute Gasteiger partial charge is 0.308 e. The van der Waals surface area contributed by atoms with Gasteiger partial charge in [0.05, 0.1) is 5.30 Å². The van der Waals surface area contributed by atoms with Crippen LogP contribution in [0.25, 0.3) is 22.3 Å². The molecule has 4 aromatic rings. The average Bonchev–Trinajstić information content (AvgIpc) is 3.25. The summed E-state index contributed by atoms with van der Waals surface area (Å²) < 4.78 is 19.9. The molecule has 2 aromatic carbocycles. The van der Waals surface area contributed by atoms with Crippen LogP contribution in [0.1, 0.15) is 83.6 Å². The van der Waals surface area contributed by atoms with Crippen molar-refractivity contribution in [3.63, 3.8) is 0 Å². The Labute approximate surface area is 247 Å². The molecule has 0 fully saturated rings. The Balaban J connectivity index is 1.47. The van der Waals surface area contributed by atoms with Gasteiger partial charge >= 0.3 is 0 Å². The SMILES string of the molecule is CCCCCCC[n+]1ccc(-c2cc3c(cc2C)-c2cc[n+](CCCCCCC)cc2P3(=O)c2ccccc2)cc1. The van der Waals surface area contributed by atoms with E-state index in [1.165, 1.54) is 74.5 Å². The van der Waals surface area contributed by atoms with Crippen LogP contribution in [0, 0.1) is 6.92 Å². The van der Waals surface area contributed by atoms with E-state index in [9.17, 15) is 0 Å². The van der Waals surface area contributed by atoms with Crippen molar-refractivity contribution in [2.45, 2.75) is 98.1 Å². The highest BCUT2D eigenvalue weighted by atomic mass is 31.2. The highest BCUT2D eigenvalue weighted by Crippen LogP contribution is 2.52. The highest BCUT2D eigenvalue weighted by Gasteiger charge is 2.42. The van der Waals surface area contributed by atoms with Gasteiger partial charge < -0.3 is 4.57 Å². The second kappa shape index (κ2) is 13.8. The number of aromatic nitrogens is 2. The number of unbranched alkanes of at least 4 members (excludes halogenated alkanes) is 8. The van der Waals surface area contributed by atoms with Crippen LogP contribution in [0.4, 0.5) is 0 Å². The quantitative estimate of drug-likeness (QED) is 0.0765. The van der Waals surface area contributed by atoms with Gasteiger partial charge in [-0.15, -0.1) is 0 Å². The van der Waals surface area contributed by atoms with Crippen molar-refractivity contribution >= 4 is 23.1 Å². The molecule has 0 bridgehead atoms. The Morgan fingerprint density at radius 2 is 1.22 bits per heavy atom. The van der Waals surface area contributed by atoms with Gasteiger partial charge in [-0.2, -0.15) is 0 Å². The monoisotopic (exact) mass is 566 g/mol. The van der Waals surface area contributed by atoms with Gasteiger partial charge in [-0.05, 0) is 48.1 Å². The van der Waals surface area contributed by atoms with Crippen molar-refractivity contribution < 1.29 is 13.7 Å². The van der Waals surface area contributed by atoms with E-state index in [-0.39, 0.29) is 0 Å². The van der Waals surface area contributed by atoms with E-state index in [1.807, 2.05) is 30.3 Å². The number of rotatable bonds is 14. The third kappa shape index (κ3) is 6.41. The van der Waals surface area contributed by atoms with E-state index in [0.717, 1.165) is 46.6 Å². The molecule has 2 aromatic heterocycles. The summed E-state index contributed by atoms with van der Waals surface area (Å²) in [4.78, 5) is 0. The molecule has 0 aliphatic carbocycles. The Bertz CT molecular complexity index is 1490. The first kappa shape index (κ1) is 29.5. The number of hydrogen-bond acceptors (Lipinski definition) is 1. The number of pyridine rings is 2. The zero-order chi connectivity index (χ0) is 28.7. The van der Waals surface area contributed by atoms with Crippen LogP contribution in [-0.4, -0.2) is 0 Å². The van der Waals surface area contributed by atoms with Crippen molar-refractivity contribution in [2.75, 3.05) is 0 Å². The van der Waals surface area contributed by atoms with E-state index in [4.69, 9.17) is 0 Å². The Hall–Kier alpha value is -3.03. The molecule has 0 saturated carbocycles. The molecule has 0 N–H and O–H groups in total. The van der Waals surface area contributed by atoms with Crippen LogP contribution in [0.15, 0.2) is 85.5 Å². The molecule has 3 heterocycles. The van der Waals surface area contributed by atoms with Crippen LogP contribution in [-0.2, 0) is 17.7 Å². The van der Waals surface area contributed by atoms with E-state index >= 15 is 4.57 Å². The lowest BCUT2D eigenvalue weighted by molar-refractivity contribution is -0.697. The molecular formula is C37H47N2OP+2. The summed E-state index contributed by atoms with van der Waals surface area (Å²) in [6.45, 7) is 8.73. The summed E-state index contributed by atoms with van der Waals surface area (Å²) in [6.07, 6.45) is 21.5. The van der Waals surface area contributed by atoms with Gasteiger partial charge in [-0.3, -0.25) is 0 Å². The maximum atomic E-state index is 15.4. The molecule has 5 rings (SSSR count). The molecule has 1 atom stereocenters. The van der Waals surface area contributed by atoms with Crippen molar-refractivity contribution in [3.8, 4) is 22.3 Å². The van der Waals surface area contributed by atoms with Crippen LogP contribution >= 0.6 is 7.14 Å². The van der Waals surface area contributed by atoms with Crippen LogP contribution in [0.2, 0.25) is 0 Å². The lowest BCUT2D eigenvalue weighted by Gasteiger charge is -2.16. The first-order chi connectivity index (χ1) is 20.1. The highest BCUT2D eigenvalue weighted by molar-refractivity contribution is 7.86. The number of benzene rings is 2.